The summed E-state index contributed by atoms with van der Waals surface area (Å²) in [5.74, 6) is -1.34. The molecule has 0 radical (unpaired) electrons. The third-order valence-corrected chi connectivity index (χ3v) is 2.66. The zero-order valence-electron chi connectivity index (χ0n) is 9.40. The van der Waals surface area contributed by atoms with Gasteiger partial charge in [0, 0.05) is 19.6 Å². The van der Waals surface area contributed by atoms with Crippen molar-refractivity contribution in [1.82, 2.24) is 10.2 Å². The van der Waals surface area contributed by atoms with Gasteiger partial charge in [-0.3, -0.25) is 4.79 Å². The highest BCUT2D eigenvalue weighted by atomic mass is 16.4. The summed E-state index contributed by atoms with van der Waals surface area (Å²) in [5, 5.41) is 20.7. The molecule has 0 spiro atoms. The van der Waals surface area contributed by atoms with Crippen LogP contribution < -0.4 is 5.32 Å². The maximum atomic E-state index is 11.5. The summed E-state index contributed by atoms with van der Waals surface area (Å²) >= 11 is 0. The number of nitrogens with zero attached hydrogens (tertiary/aromatic N) is 1. The average Bonchev–Trinajstić information content (AvgIpc) is 2.69. The smallest absolute Gasteiger partial charge is 0.336 e. The second-order valence-corrected chi connectivity index (χ2v) is 4.27. The van der Waals surface area contributed by atoms with Crippen LogP contribution >= 0.6 is 0 Å². The Balaban J connectivity index is 2.24. The molecule has 1 unspecified atom stereocenters. The van der Waals surface area contributed by atoms with Gasteiger partial charge in [-0.05, 0) is 19.8 Å². The average molecular weight is 230 g/mol. The van der Waals surface area contributed by atoms with E-state index in [1.165, 1.54) is 6.92 Å². The largest absolute Gasteiger partial charge is 0.479 e. The number of amides is 1. The SMILES string of the molecule is CC(O)(CNCC(=O)N1CCCC1)C(=O)O. The quantitative estimate of drug-likeness (QED) is 0.565. The molecule has 92 valence electrons. The number of rotatable bonds is 5. The number of aliphatic carboxylic acids is 1. The van der Waals surface area contributed by atoms with Crippen LogP contribution in [0.25, 0.3) is 0 Å². The number of carbonyl (C=O) groups is 2. The van der Waals surface area contributed by atoms with Crippen molar-refractivity contribution in [3.63, 3.8) is 0 Å². The molecule has 0 aromatic heterocycles. The van der Waals surface area contributed by atoms with Gasteiger partial charge in [0.25, 0.3) is 0 Å². The molecule has 1 aliphatic heterocycles. The maximum absolute atomic E-state index is 11.5. The Hall–Kier alpha value is -1.14. The Labute approximate surface area is 94.2 Å². The Morgan fingerprint density at radius 2 is 1.94 bits per heavy atom. The molecule has 6 nitrogen and oxygen atoms in total. The summed E-state index contributed by atoms with van der Waals surface area (Å²) in [4.78, 5) is 23.8. The van der Waals surface area contributed by atoms with E-state index in [0.29, 0.717) is 0 Å². The van der Waals surface area contributed by atoms with E-state index in [4.69, 9.17) is 5.11 Å². The van der Waals surface area contributed by atoms with Crippen molar-refractivity contribution in [3.05, 3.63) is 0 Å². The molecule has 0 bridgehead atoms. The van der Waals surface area contributed by atoms with Crippen LogP contribution in [0.5, 0.6) is 0 Å². The number of hydrogen-bond acceptors (Lipinski definition) is 4. The van der Waals surface area contributed by atoms with Crippen LogP contribution in [0.2, 0.25) is 0 Å². The van der Waals surface area contributed by atoms with Crippen molar-refractivity contribution >= 4 is 11.9 Å². The van der Waals surface area contributed by atoms with E-state index in [9.17, 15) is 14.7 Å². The molecule has 1 aliphatic rings. The molecule has 16 heavy (non-hydrogen) atoms. The fourth-order valence-electron chi connectivity index (χ4n) is 1.57. The molecule has 3 N–H and O–H groups in total. The lowest BCUT2D eigenvalue weighted by atomic mass is 10.1. The highest BCUT2D eigenvalue weighted by Crippen LogP contribution is 2.07. The monoisotopic (exact) mass is 230 g/mol. The minimum Gasteiger partial charge on any atom is -0.479 e. The summed E-state index contributed by atoms with van der Waals surface area (Å²) in [6, 6.07) is 0. The van der Waals surface area contributed by atoms with Gasteiger partial charge in [-0.25, -0.2) is 4.79 Å². The van der Waals surface area contributed by atoms with Gasteiger partial charge >= 0.3 is 5.97 Å². The van der Waals surface area contributed by atoms with Crippen LogP contribution in [0, 0.1) is 0 Å². The molecule has 1 heterocycles. The van der Waals surface area contributed by atoms with Gasteiger partial charge in [0.05, 0.1) is 6.54 Å². The minimum atomic E-state index is -1.83. The molecule has 0 aliphatic carbocycles. The zero-order valence-corrected chi connectivity index (χ0v) is 9.40. The third-order valence-electron chi connectivity index (χ3n) is 2.66. The third kappa shape index (κ3) is 3.46. The van der Waals surface area contributed by atoms with E-state index < -0.39 is 11.6 Å². The summed E-state index contributed by atoms with van der Waals surface area (Å²) in [5.41, 5.74) is -1.83. The molecule has 1 rings (SSSR count). The summed E-state index contributed by atoms with van der Waals surface area (Å²) in [7, 11) is 0. The second-order valence-electron chi connectivity index (χ2n) is 4.27. The molecule has 1 amide bonds. The van der Waals surface area contributed by atoms with Gasteiger partial charge in [-0.1, -0.05) is 0 Å². The predicted octanol–water partition coefficient (Wildman–Crippen LogP) is -0.966. The van der Waals surface area contributed by atoms with Gasteiger partial charge in [0.1, 0.15) is 0 Å². The van der Waals surface area contributed by atoms with Crippen LogP contribution in [-0.2, 0) is 9.59 Å². The lowest BCUT2D eigenvalue weighted by molar-refractivity contribution is -0.156. The van der Waals surface area contributed by atoms with Gasteiger partial charge in [0.2, 0.25) is 5.91 Å². The molecule has 0 aromatic rings. The normalized spacial score (nSPS) is 19.5. The number of carbonyl (C=O) groups excluding carboxylic acids is 1. The van der Waals surface area contributed by atoms with Gasteiger partial charge < -0.3 is 20.4 Å². The summed E-state index contributed by atoms with van der Waals surface area (Å²) < 4.78 is 0. The Morgan fingerprint density at radius 1 is 1.38 bits per heavy atom. The number of carboxylic acids is 1. The Bertz CT molecular complexity index is 272. The van der Waals surface area contributed by atoms with E-state index >= 15 is 0 Å². The molecule has 0 aromatic carbocycles. The summed E-state index contributed by atoms with van der Waals surface area (Å²) in [6.45, 7) is 2.68. The second kappa shape index (κ2) is 5.27. The van der Waals surface area contributed by atoms with Gasteiger partial charge in [-0.2, -0.15) is 0 Å². The summed E-state index contributed by atoms with van der Waals surface area (Å²) in [6.07, 6.45) is 2.05. The van der Waals surface area contributed by atoms with Crippen molar-refractivity contribution in [3.8, 4) is 0 Å². The molecule has 1 fully saturated rings. The molecule has 6 heteroatoms. The number of likely N-dealkylation sites (tertiary alicyclic amines) is 1. The number of aliphatic hydroxyl groups is 1. The Morgan fingerprint density at radius 3 is 2.44 bits per heavy atom. The first-order chi connectivity index (χ1) is 7.43. The molecule has 1 atom stereocenters. The topological polar surface area (TPSA) is 89.9 Å². The lowest BCUT2D eigenvalue weighted by Gasteiger charge is -2.20. The minimum absolute atomic E-state index is 0.0429. The number of carboxylic acid groups (broad SMARTS) is 1. The molecule has 1 saturated heterocycles. The number of hydrogen-bond donors (Lipinski definition) is 3. The predicted molar refractivity (Wildman–Crippen MR) is 56.9 cm³/mol. The van der Waals surface area contributed by atoms with Crippen LogP contribution in [0.15, 0.2) is 0 Å². The van der Waals surface area contributed by atoms with E-state index in [2.05, 4.69) is 5.32 Å². The maximum Gasteiger partial charge on any atom is 0.336 e. The molecular weight excluding hydrogens is 212 g/mol. The van der Waals surface area contributed by atoms with E-state index in [-0.39, 0.29) is 19.0 Å². The molecular formula is C10H18N2O4. The van der Waals surface area contributed by atoms with Gasteiger partial charge in [0.15, 0.2) is 5.60 Å². The van der Waals surface area contributed by atoms with Crippen molar-refractivity contribution in [2.24, 2.45) is 0 Å². The first-order valence-electron chi connectivity index (χ1n) is 5.38. The highest BCUT2D eigenvalue weighted by molar-refractivity contribution is 5.79. The van der Waals surface area contributed by atoms with Crippen LogP contribution in [0.3, 0.4) is 0 Å². The van der Waals surface area contributed by atoms with Crippen molar-refractivity contribution < 1.29 is 19.8 Å². The number of nitrogens with one attached hydrogen (secondary N) is 1. The van der Waals surface area contributed by atoms with E-state index in [0.717, 1.165) is 25.9 Å². The van der Waals surface area contributed by atoms with E-state index in [1.807, 2.05) is 0 Å². The van der Waals surface area contributed by atoms with Crippen molar-refractivity contribution in [1.29, 1.82) is 0 Å². The van der Waals surface area contributed by atoms with Crippen LogP contribution in [0.4, 0.5) is 0 Å². The fourth-order valence-corrected chi connectivity index (χ4v) is 1.57. The fraction of sp³-hybridized carbons (Fsp3) is 0.800. The highest BCUT2D eigenvalue weighted by Gasteiger charge is 2.29. The molecule has 0 saturated carbocycles. The van der Waals surface area contributed by atoms with Crippen molar-refractivity contribution in [2.45, 2.75) is 25.4 Å². The lowest BCUT2D eigenvalue weighted by Crippen LogP contribution is -2.47. The first-order valence-corrected chi connectivity index (χ1v) is 5.38. The van der Waals surface area contributed by atoms with Gasteiger partial charge in [-0.15, -0.1) is 0 Å². The Kier molecular flexibility index (Phi) is 4.26. The van der Waals surface area contributed by atoms with Crippen LogP contribution in [-0.4, -0.2) is 58.8 Å². The van der Waals surface area contributed by atoms with Crippen LogP contribution in [0.1, 0.15) is 19.8 Å². The zero-order chi connectivity index (χ0) is 12.2. The van der Waals surface area contributed by atoms with Crippen molar-refractivity contribution in [2.75, 3.05) is 26.2 Å². The standard InChI is InChI=1S/C10H18N2O4/c1-10(16,9(14)15)7-11-6-8(13)12-4-2-3-5-12/h11,16H,2-7H2,1H3,(H,14,15). The van der Waals surface area contributed by atoms with E-state index in [1.54, 1.807) is 4.90 Å². The first kappa shape index (κ1) is 12.9.